The third kappa shape index (κ3) is 5.85. The van der Waals surface area contributed by atoms with Gasteiger partial charge in [0, 0.05) is 6.54 Å². The molecular weight excluding hydrogens is 612 g/mol. The lowest BCUT2D eigenvalue weighted by atomic mass is 10.1. The smallest absolute Gasteiger partial charge is 0.293 e. The molecule has 0 spiro atoms. The minimum Gasteiger partial charge on any atom is -0.487 e. The lowest BCUT2D eigenvalue weighted by Crippen LogP contribution is -2.29. The van der Waals surface area contributed by atoms with Crippen LogP contribution in [-0.4, -0.2) is 29.2 Å². The fraction of sp³-hybridized carbons (Fsp3) is 0.182. The van der Waals surface area contributed by atoms with Crippen molar-refractivity contribution in [3.8, 4) is 5.75 Å². The van der Waals surface area contributed by atoms with Crippen LogP contribution in [0.2, 0.25) is 0 Å². The van der Waals surface area contributed by atoms with Crippen molar-refractivity contribution < 1.29 is 14.3 Å². The van der Waals surface area contributed by atoms with Gasteiger partial charge in [0.2, 0.25) is 0 Å². The van der Waals surface area contributed by atoms with E-state index in [4.69, 9.17) is 4.74 Å². The molecule has 0 saturated carbocycles. The van der Waals surface area contributed by atoms with Crippen molar-refractivity contribution in [3.05, 3.63) is 78.3 Å². The molecule has 1 heterocycles. The molecule has 2 aromatic rings. The van der Waals surface area contributed by atoms with Crippen molar-refractivity contribution in [1.82, 2.24) is 4.90 Å². The summed E-state index contributed by atoms with van der Waals surface area (Å²) in [6, 6.07) is 14.0. The lowest BCUT2D eigenvalue weighted by molar-refractivity contribution is -0.122. The molecule has 0 aliphatic carbocycles. The number of halogens is 2. The Balaban J connectivity index is 1.68. The topological polar surface area (TPSA) is 46.6 Å². The molecule has 2 amide bonds. The molecule has 0 bridgehead atoms. The monoisotopic (exact) mass is 631 g/mol. The van der Waals surface area contributed by atoms with E-state index in [2.05, 4.69) is 63.9 Å². The van der Waals surface area contributed by atoms with Gasteiger partial charge in [-0.05, 0) is 99.1 Å². The molecule has 1 aliphatic heterocycles. The maximum atomic E-state index is 12.7. The van der Waals surface area contributed by atoms with Crippen LogP contribution >= 0.6 is 56.9 Å². The molecule has 0 aromatic heterocycles. The number of amides is 2. The van der Waals surface area contributed by atoms with Crippen LogP contribution in [0.3, 0.4) is 0 Å². The maximum Gasteiger partial charge on any atom is 0.293 e. The van der Waals surface area contributed by atoms with Crippen LogP contribution in [0.5, 0.6) is 5.75 Å². The Labute approximate surface area is 202 Å². The number of benzene rings is 2. The van der Waals surface area contributed by atoms with Crippen LogP contribution in [0.15, 0.2) is 60.0 Å². The summed E-state index contributed by atoms with van der Waals surface area (Å²) < 4.78 is 7.59. The fourth-order valence-electron chi connectivity index (χ4n) is 2.87. The van der Waals surface area contributed by atoms with E-state index in [0.29, 0.717) is 18.1 Å². The van der Waals surface area contributed by atoms with E-state index in [-0.39, 0.29) is 11.1 Å². The summed E-state index contributed by atoms with van der Waals surface area (Å²) in [5.41, 5.74) is 2.08. The fourth-order valence-corrected chi connectivity index (χ4v) is 5.87. The first-order chi connectivity index (χ1) is 14.0. The highest BCUT2D eigenvalue weighted by Gasteiger charge is 2.34. The Morgan fingerprint density at radius 2 is 1.79 bits per heavy atom. The van der Waals surface area contributed by atoms with Crippen molar-refractivity contribution in [2.75, 3.05) is 13.2 Å². The highest BCUT2D eigenvalue weighted by molar-refractivity contribution is 14.1. The number of carbonyl (C=O) groups excluding carboxylic acids is 2. The summed E-state index contributed by atoms with van der Waals surface area (Å²) in [4.78, 5) is 26.8. The predicted octanol–water partition coefficient (Wildman–Crippen LogP) is 6.13. The number of aryl methyl sites for hydroxylation is 1. The van der Waals surface area contributed by atoms with E-state index < -0.39 is 0 Å². The number of nitrogens with zero attached hydrogens (tertiary/aromatic N) is 1. The highest BCUT2D eigenvalue weighted by atomic mass is 127. The zero-order valence-electron chi connectivity index (χ0n) is 15.6. The molecule has 1 fully saturated rings. The van der Waals surface area contributed by atoms with Gasteiger partial charge >= 0.3 is 0 Å². The molecule has 4 nitrogen and oxygen atoms in total. The van der Waals surface area contributed by atoms with E-state index in [9.17, 15) is 9.59 Å². The summed E-state index contributed by atoms with van der Waals surface area (Å²) in [7, 11) is 0. The zero-order chi connectivity index (χ0) is 20.8. The minimum absolute atomic E-state index is 0.204. The van der Waals surface area contributed by atoms with E-state index in [1.165, 1.54) is 10.5 Å². The Bertz CT molecular complexity index is 937. The average molecular weight is 631 g/mol. The second kappa shape index (κ2) is 10.6. The third-order valence-corrected chi connectivity index (χ3v) is 6.74. The van der Waals surface area contributed by atoms with Gasteiger partial charge in [-0.25, -0.2) is 0 Å². The van der Waals surface area contributed by atoms with Gasteiger partial charge in [0.15, 0.2) is 0 Å². The van der Waals surface area contributed by atoms with Crippen molar-refractivity contribution >= 4 is 74.2 Å². The summed E-state index contributed by atoms with van der Waals surface area (Å²) >= 11 is 5.43. The molecular formula is C22H19I2NO3S. The summed E-state index contributed by atoms with van der Waals surface area (Å²) in [6.07, 6.45) is 5.07. The molecule has 1 saturated heterocycles. The van der Waals surface area contributed by atoms with Gasteiger partial charge in [-0.1, -0.05) is 43.0 Å². The lowest BCUT2D eigenvalue weighted by Gasteiger charge is -2.12. The molecule has 0 atom stereocenters. The zero-order valence-corrected chi connectivity index (χ0v) is 20.7. The molecule has 2 aromatic carbocycles. The van der Waals surface area contributed by atoms with E-state index in [0.717, 1.165) is 43.1 Å². The second-order valence-electron chi connectivity index (χ2n) is 6.34. The van der Waals surface area contributed by atoms with E-state index >= 15 is 0 Å². The first-order valence-electron chi connectivity index (χ1n) is 9.01. The molecule has 0 radical (unpaired) electrons. The number of thioether (sulfide) groups is 1. The summed E-state index contributed by atoms with van der Waals surface area (Å²) in [5.74, 6) is 0.585. The number of imide groups is 1. The quantitative estimate of drug-likeness (QED) is 0.200. The maximum absolute atomic E-state index is 12.7. The number of ether oxygens (including phenoxy) is 1. The Morgan fingerprint density at radius 1 is 1.10 bits per heavy atom. The van der Waals surface area contributed by atoms with Gasteiger partial charge in [0.1, 0.15) is 12.4 Å². The van der Waals surface area contributed by atoms with Crippen molar-refractivity contribution in [2.45, 2.75) is 12.8 Å². The summed E-state index contributed by atoms with van der Waals surface area (Å²) in [6.45, 7) is 4.53. The first-order valence-corrected chi connectivity index (χ1v) is 12.0. The Hall–Kier alpha value is -1.33. The van der Waals surface area contributed by atoms with E-state index in [1.54, 1.807) is 12.2 Å². The van der Waals surface area contributed by atoms with Crippen LogP contribution in [0.4, 0.5) is 4.79 Å². The van der Waals surface area contributed by atoms with Gasteiger partial charge in [-0.15, -0.1) is 0 Å². The van der Waals surface area contributed by atoms with Crippen LogP contribution in [0.1, 0.15) is 17.5 Å². The van der Waals surface area contributed by atoms with Crippen molar-refractivity contribution in [3.63, 3.8) is 0 Å². The van der Waals surface area contributed by atoms with Crippen LogP contribution < -0.4 is 4.74 Å². The van der Waals surface area contributed by atoms with E-state index in [1.807, 2.05) is 30.3 Å². The molecule has 150 valence electrons. The molecule has 0 unspecified atom stereocenters. The van der Waals surface area contributed by atoms with Gasteiger partial charge in [-0.2, -0.15) is 0 Å². The minimum atomic E-state index is -0.218. The molecule has 3 rings (SSSR count). The standard InChI is InChI=1S/C22H19I2NO3S/c1-2-11-28-20-17(23)12-16(13-18(20)24)14-19-21(26)25(22(27)29-19)10-6-9-15-7-4-3-5-8-15/h2-5,7-8,12-14H,1,6,9-11H2/b19-14+. The van der Waals surface area contributed by atoms with Gasteiger partial charge in [0.25, 0.3) is 11.1 Å². The van der Waals surface area contributed by atoms with Crippen LogP contribution in [0.25, 0.3) is 6.08 Å². The van der Waals surface area contributed by atoms with Crippen LogP contribution in [-0.2, 0) is 11.2 Å². The van der Waals surface area contributed by atoms with Gasteiger partial charge < -0.3 is 4.74 Å². The SMILES string of the molecule is C=CCOc1c(I)cc(/C=C2/SC(=O)N(CCCc3ccccc3)C2=O)cc1I. The molecule has 0 N–H and O–H groups in total. The first kappa shape index (κ1) is 22.4. The number of carbonyl (C=O) groups is 2. The van der Waals surface area contributed by atoms with Gasteiger partial charge in [0.05, 0.1) is 12.0 Å². The Morgan fingerprint density at radius 3 is 2.45 bits per heavy atom. The average Bonchev–Trinajstić information content (AvgIpc) is 2.95. The number of hydrogen-bond acceptors (Lipinski definition) is 4. The van der Waals surface area contributed by atoms with Gasteiger partial charge in [-0.3, -0.25) is 14.5 Å². The second-order valence-corrected chi connectivity index (χ2v) is 9.65. The summed E-state index contributed by atoms with van der Waals surface area (Å²) in [5, 5.41) is -0.204. The van der Waals surface area contributed by atoms with Crippen LogP contribution in [0, 0.1) is 7.14 Å². The van der Waals surface area contributed by atoms with Crippen molar-refractivity contribution in [1.29, 1.82) is 0 Å². The molecule has 7 heteroatoms. The Kier molecular flexibility index (Phi) is 8.19. The molecule has 29 heavy (non-hydrogen) atoms. The molecule has 1 aliphatic rings. The number of hydrogen-bond donors (Lipinski definition) is 0. The highest BCUT2D eigenvalue weighted by Crippen LogP contribution is 2.35. The normalized spacial score (nSPS) is 15.2. The third-order valence-electron chi connectivity index (χ3n) is 4.23. The van der Waals surface area contributed by atoms with Crippen molar-refractivity contribution in [2.24, 2.45) is 0 Å². The predicted molar refractivity (Wildman–Crippen MR) is 135 cm³/mol. The largest absolute Gasteiger partial charge is 0.487 e. The number of rotatable bonds is 8.